The Hall–Kier alpha value is -2.25. The first kappa shape index (κ1) is 17.8. The van der Waals surface area contributed by atoms with E-state index in [1.165, 1.54) is 18.2 Å². The average Bonchev–Trinajstić information content (AvgIpc) is 2.37. The summed E-state index contributed by atoms with van der Waals surface area (Å²) in [5, 5.41) is 13.2. The number of carbonyl (C=O) groups excluding carboxylic acids is 1. The Morgan fingerprint density at radius 3 is 2.50 bits per heavy atom. The van der Waals surface area contributed by atoms with Gasteiger partial charge in [0, 0.05) is 12.6 Å². The molecule has 2 amide bonds. The molecule has 0 aromatic heterocycles. The first-order valence-electron chi connectivity index (χ1n) is 6.61. The first-order chi connectivity index (χ1) is 10.2. The summed E-state index contributed by atoms with van der Waals surface area (Å²) in [7, 11) is 0. The van der Waals surface area contributed by atoms with Gasteiger partial charge in [0.25, 0.3) is 0 Å². The van der Waals surface area contributed by atoms with E-state index >= 15 is 0 Å². The van der Waals surface area contributed by atoms with Crippen LogP contribution in [0.4, 0.5) is 18.0 Å². The van der Waals surface area contributed by atoms with Crippen LogP contribution in [0.15, 0.2) is 24.3 Å². The van der Waals surface area contributed by atoms with Crippen LogP contribution in [-0.2, 0) is 17.4 Å². The van der Waals surface area contributed by atoms with Crippen molar-refractivity contribution in [3.63, 3.8) is 0 Å². The predicted molar refractivity (Wildman–Crippen MR) is 73.4 cm³/mol. The average molecular weight is 318 g/mol. The van der Waals surface area contributed by atoms with E-state index in [2.05, 4.69) is 10.6 Å². The molecule has 0 spiro atoms. The summed E-state index contributed by atoms with van der Waals surface area (Å²) in [5.41, 5.74) is -0.636. The molecule has 0 aliphatic carbocycles. The minimum atomic E-state index is -4.44. The van der Waals surface area contributed by atoms with Crippen molar-refractivity contribution < 1.29 is 27.9 Å². The van der Waals surface area contributed by atoms with Gasteiger partial charge in [-0.2, -0.15) is 13.2 Å². The van der Waals surface area contributed by atoms with Crippen LogP contribution in [0.5, 0.6) is 0 Å². The first-order valence-corrected chi connectivity index (χ1v) is 6.61. The molecule has 3 N–H and O–H groups in total. The van der Waals surface area contributed by atoms with Crippen molar-refractivity contribution in [2.24, 2.45) is 0 Å². The van der Waals surface area contributed by atoms with Crippen LogP contribution in [0.3, 0.4) is 0 Å². The number of carboxylic acid groups (broad SMARTS) is 1. The molecule has 0 saturated heterocycles. The third-order valence-electron chi connectivity index (χ3n) is 2.85. The normalized spacial score (nSPS) is 12.5. The molecule has 0 aliphatic heterocycles. The van der Waals surface area contributed by atoms with Crippen LogP contribution < -0.4 is 10.6 Å². The van der Waals surface area contributed by atoms with Gasteiger partial charge in [-0.1, -0.05) is 18.2 Å². The molecular formula is C14H17F3N2O3. The van der Waals surface area contributed by atoms with E-state index in [-0.39, 0.29) is 24.9 Å². The van der Waals surface area contributed by atoms with Crippen molar-refractivity contribution in [2.75, 3.05) is 6.54 Å². The van der Waals surface area contributed by atoms with Gasteiger partial charge in [0.15, 0.2) is 0 Å². The number of carboxylic acids is 1. The van der Waals surface area contributed by atoms with E-state index in [0.717, 1.165) is 6.07 Å². The Labute approximate surface area is 125 Å². The number of halogens is 3. The Bertz CT molecular complexity index is 532. The van der Waals surface area contributed by atoms with Crippen LogP contribution in [-0.4, -0.2) is 29.7 Å². The maximum atomic E-state index is 12.8. The van der Waals surface area contributed by atoms with Gasteiger partial charge in [0.2, 0.25) is 0 Å². The Balaban J connectivity index is 2.57. The smallest absolute Gasteiger partial charge is 0.416 e. The lowest BCUT2D eigenvalue weighted by Crippen LogP contribution is -2.42. The van der Waals surface area contributed by atoms with Crippen LogP contribution in [0.2, 0.25) is 0 Å². The Kier molecular flexibility index (Phi) is 6.21. The molecule has 1 aromatic rings. The summed E-state index contributed by atoms with van der Waals surface area (Å²) in [4.78, 5) is 21.8. The molecule has 0 saturated carbocycles. The number of alkyl halides is 3. The zero-order valence-corrected chi connectivity index (χ0v) is 11.9. The zero-order valence-electron chi connectivity index (χ0n) is 11.9. The fourth-order valence-electron chi connectivity index (χ4n) is 1.91. The molecule has 22 heavy (non-hydrogen) atoms. The monoisotopic (exact) mass is 318 g/mol. The van der Waals surface area contributed by atoms with E-state index in [0.29, 0.717) is 0 Å². The molecule has 1 aromatic carbocycles. The van der Waals surface area contributed by atoms with E-state index in [4.69, 9.17) is 5.11 Å². The van der Waals surface area contributed by atoms with Crippen LogP contribution >= 0.6 is 0 Å². The minimum Gasteiger partial charge on any atom is -0.481 e. The number of rotatable bonds is 6. The summed E-state index contributed by atoms with van der Waals surface area (Å²) in [5.74, 6) is -1.05. The highest BCUT2D eigenvalue weighted by atomic mass is 19.4. The molecule has 0 heterocycles. The second-order valence-corrected chi connectivity index (χ2v) is 4.80. The van der Waals surface area contributed by atoms with Gasteiger partial charge in [-0.3, -0.25) is 4.79 Å². The quantitative estimate of drug-likeness (QED) is 0.754. The number of hydrogen-bond acceptors (Lipinski definition) is 2. The minimum absolute atomic E-state index is 0.0159. The van der Waals surface area contributed by atoms with Gasteiger partial charge in [-0.15, -0.1) is 0 Å². The standard InChI is InChI=1S/C14H17F3N2O3/c1-9(19-13(22)18-7-6-12(20)21)8-10-4-2-3-5-11(10)14(15,16)17/h2-5,9H,6-8H2,1H3,(H,20,21)(H2,18,19,22). The summed E-state index contributed by atoms with van der Waals surface area (Å²) in [6.07, 6.45) is -4.65. The van der Waals surface area contributed by atoms with Gasteiger partial charge in [0.05, 0.1) is 12.0 Å². The van der Waals surface area contributed by atoms with Crippen molar-refractivity contribution in [3.05, 3.63) is 35.4 Å². The molecule has 0 fully saturated rings. The highest BCUT2D eigenvalue weighted by molar-refractivity contribution is 5.75. The third-order valence-corrected chi connectivity index (χ3v) is 2.85. The van der Waals surface area contributed by atoms with Crippen LogP contribution in [0.25, 0.3) is 0 Å². The van der Waals surface area contributed by atoms with Crippen molar-refractivity contribution in [1.82, 2.24) is 10.6 Å². The Morgan fingerprint density at radius 2 is 1.91 bits per heavy atom. The van der Waals surface area contributed by atoms with Crippen molar-refractivity contribution in [2.45, 2.75) is 32.0 Å². The third kappa shape index (κ3) is 6.02. The topological polar surface area (TPSA) is 78.4 Å². The fourth-order valence-corrected chi connectivity index (χ4v) is 1.91. The summed E-state index contributed by atoms with van der Waals surface area (Å²) < 4.78 is 38.5. The Morgan fingerprint density at radius 1 is 1.27 bits per heavy atom. The molecule has 0 aliphatic rings. The van der Waals surface area contributed by atoms with Crippen LogP contribution in [0, 0.1) is 0 Å². The van der Waals surface area contributed by atoms with E-state index in [1.54, 1.807) is 6.92 Å². The number of hydrogen-bond donors (Lipinski definition) is 3. The maximum Gasteiger partial charge on any atom is 0.416 e. The molecule has 1 rings (SSSR count). The molecule has 1 atom stereocenters. The number of urea groups is 1. The van der Waals surface area contributed by atoms with Crippen molar-refractivity contribution in [3.8, 4) is 0 Å². The molecule has 1 unspecified atom stereocenters. The predicted octanol–water partition coefficient (Wildman–Crippen LogP) is 2.41. The van der Waals surface area contributed by atoms with E-state index in [1.807, 2.05) is 0 Å². The highest BCUT2D eigenvalue weighted by Gasteiger charge is 2.33. The van der Waals surface area contributed by atoms with Crippen molar-refractivity contribution in [1.29, 1.82) is 0 Å². The van der Waals surface area contributed by atoms with Gasteiger partial charge in [0.1, 0.15) is 0 Å². The summed E-state index contributed by atoms with van der Waals surface area (Å²) in [6.45, 7) is 1.52. The molecule has 5 nitrogen and oxygen atoms in total. The second kappa shape index (κ2) is 7.67. The maximum absolute atomic E-state index is 12.8. The molecule has 122 valence electrons. The lowest BCUT2D eigenvalue weighted by atomic mass is 10.0. The molecule has 8 heteroatoms. The lowest BCUT2D eigenvalue weighted by Gasteiger charge is -2.18. The lowest BCUT2D eigenvalue weighted by molar-refractivity contribution is -0.138. The number of benzene rings is 1. The fraction of sp³-hybridized carbons (Fsp3) is 0.429. The van der Waals surface area contributed by atoms with Gasteiger partial charge in [-0.05, 0) is 25.0 Å². The number of amides is 2. The molecular weight excluding hydrogens is 301 g/mol. The summed E-state index contributed by atoms with van der Waals surface area (Å²) >= 11 is 0. The number of nitrogens with one attached hydrogen (secondary N) is 2. The summed E-state index contributed by atoms with van der Waals surface area (Å²) in [6, 6.07) is 4.03. The van der Waals surface area contributed by atoms with E-state index in [9.17, 15) is 22.8 Å². The SMILES string of the molecule is CC(Cc1ccccc1C(F)(F)F)NC(=O)NCCC(=O)O. The van der Waals surface area contributed by atoms with Crippen molar-refractivity contribution >= 4 is 12.0 Å². The van der Waals surface area contributed by atoms with E-state index < -0.39 is 29.8 Å². The zero-order chi connectivity index (χ0) is 16.8. The van der Waals surface area contributed by atoms with Crippen LogP contribution in [0.1, 0.15) is 24.5 Å². The molecule has 0 bridgehead atoms. The largest absolute Gasteiger partial charge is 0.481 e. The van der Waals surface area contributed by atoms with Gasteiger partial charge >= 0.3 is 18.2 Å². The van der Waals surface area contributed by atoms with Gasteiger partial charge < -0.3 is 15.7 Å². The number of carbonyl (C=O) groups is 2. The highest BCUT2D eigenvalue weighted by Crippen LogP contribution is 2.32. The molecule has 0 radical (unpaired) electrons. The number of aliphatic carboxylic acids is 1. The second-order valence-electron chi connectivity index (χ2n) is 4.80. The van der Waals surface area contributed by atoms with Gasteiger partial charge in [-0.25, -0.2) is 4.79 Å².